The topological polar surface area (TPSA) is 64.4 Å². The number of aromatic nitrogens is 1. The van der Waals surface area contributed by atoms with Gasteiger partial charge in [0.2, 0.25) is 0 Å². The summed E-state index contributed by atoms with van der Waals surface area (Å²) in [7, 11) is 0. The van der Waals surface area contributed by atoms with Crippen LogP contribution in [-0.4, -0.2) is 30.3 Å². The third-order valence-corrected chi connectivity index (χ3v) is 4.24. The maximum atomic E-state index is 12.2. The van der Waals surface area contributed by atoms with Crippen LogP contribution in [0.4, 0.5) is 0 Å². The van der Waals surface area contributed by atoms with E-state index in [0.717, 1.165) is 19.4 Å². The van der Waals surface area contributed by atoms with Crippen molar-refractivity contribution in [1.29, 1.82) is 0 Å². The van der Waals surface area contributed by atoms with Gasteiger partial charge in [-0.15, -0.1) is 0 Å². The Labute approximate surface area is 132 Å². The molecule has 5 heteroatoms. The van der Waals surface area contributed by atoms with Gasteiger partial charge in [-0.1, -0.05) is 39.8 Å². The molecule has 1 unspecified atom stereocenters. The first-order valence-electron chi connectivity index (χ1n) is 8.07. The summed E-state index contributed by atoms with van der Waals surface area (Å²) in [6.07, 6.45) is 3.58. The van der Waals surface area contributed by atoms with Gasteiger partial charge in [0, 0.05) is 30.0 Å². The van der Waals surface area contributed by atoms with Gasteiger partial charge in [-0.25, -0.2) is 0 Å². The van der Waals surface area contributed by atoms with Crippen molar-refractivity contribution >= 4 is 5.91 Å². The number of carbonyl (C=O) groups excluding carboxylic acids is 1. The highest BCUT2D eigenvalue weighted by Gasteiger charge is 2.32. The molecule has 5 nitrogen and oxygen atoms in total. The zero-order valence-corrected chi connectivity index (χ0v) is 14.4. The van der Waals surface area contributed by atoms with E-state index in [4.69, 9.17) is 9.26 Å². The van der Waals surface area contributed by atoms with E-state index in [1.807, 2.05) is 20.8 Å². The van der Waals surface area contributed by atoms with Crippen LogP contribution in [0.5, 0.6) is 0 Å². The Morgan fingerprint density at radius 2 is 2.05 bits per heavy atom. The maximum Gasteiger partial charge on any atom is 0.273 e. The smallest absolute Gasteiger partial charge is 0.273 e. The Kier molecular flexibility index (Phi) is 4.95. The SMILES string of the molecule is CC(C)(C)c1cc(C(=O)NCC(C)(C)C2CCCCO2)no1. The highest BCUT2D eigenvalue weighted by molar-refractivity contribution is 5.92. The minimum absolute atomic E-state index is 0.0906. The summed E-state index contributed by atoms with van der Waals surface area (Å²) in [6.45, 7) is 11.7. The molecule has 0 radical (unpaired) electrons. The molecular formula is C17H28N2O3. The van der Waals surface area contributed by atoms with Crippen LogP contribution < -0.4 is 5.32 Å². The summed E-state index contributed by atoms with van der Waals surface area (Å²) in [5.41, 5.74) is 0.0956. The molecule has 0 spiro atoms. The van der Waals surface area contributed by atoms with Crippen molar-refractivity contribution in [3.8, 4) is 0 Å². The van der Waals surface area contributed by atoms with E-state index in [9.17, 15) is 4.79 Å². The van der Waals surface area contributed by atoms with Gasteiger partial charge in [-0.2, -0.15) is 0 Å². The molecule has 1 fully saturated rings. The van der Waals surface area contributed by atoms with Crippen LogP contribution in [-0.2, 0) is 10.2 Å². The van der Waals surface area contributed by atoms with Gasteiger partial charge in [0.05, 0.1) is 6.10 Å². The molecule has 1 aromatic heterocycles. The second-order valence-corrected chi connectivity index (χ2v) is 7.85. The second-order valence-electron chi connectivity index (χ2n) is 7.85. The number of carbonyl (C=O) groups is 1. The van der Waals surface area contributed by atoms with Crippen LogP contribution in [0.25, 0.3) is 0 Å². The van der Waals surface area contributed by atoms with Crippen molar-refractivity contribution in [3.05, 3.63) is 17.5 Å². The first-order valence-corrected chi connectivity index (χ1v) is 8.07. The van der Waals surface area contributed by atoms with Crippen molar-refractivity contribution in [1.82, 2.24) is 10.5 Å². The van der Waals surface area contributed by atoms with Gasteiger partial charge in [-0.05, 0) is 19.3 Å². The second kappa shape index (κ2) is 6.41. The average molecular weight is 308 g/mol. The third-order valence-electron chi connectivity index (χ3n) is 4.24. The number of ether oxygens (including phenoxy) is 1. The third kappa shape index (κ3) is 4.09. The van der Waals surface area contributed by atoms with Gasteiger partial charge >= 0.3 is 0 Å². The van der Waals surface area contributed by atoms with E-state index >= 15 is 0 Å². The summed E-state index contributed by atoms with van der Waals surface area (Å²) in [4.78, 5) is 12.2. The monoisotopic (exact) mass is 308 g/mol. The van der Waals surface area contributed by atoms with Crippen molar-refractivity contribution in [3.63, 3.8) is 0 Å². The summed E-state index contributed by atoms with van der Waals surface area (Å²) in [5.74, 6) is 0.524. The fourth-order valence-corrected chi connectivity index (χ4v) is 2.61. The van der Waals surface area contributed by atoms with Crippen LogP contribution in [0.3, 0.4) is 0 Å². The molecule has 1 amide bonds. The zero-order valence-electron chi connectivity index (χ0n) is 14.4. The molecule has 1 atom stereocenters. The Morgan fingerprint density at radius 1 is 1.32 bits per heavy atom. The summed E-state index contributed by atoms with van der Waals surface area (Å²) >= 11 is 0. The molecule has 1 aromatic rings. The van der Waals surface area contributed by atoms with Gasteiger partial charge in [0.25, 0.3) is 5.91 Å². The molecule has 0 aliphatic carbocycles. The van der Waals surface area contributed by atoms with Crippen LogP contribution in [0.15, 0.2) is 10.6 Å². The summed E-state index contributed by atoms with van der Waals surface area (Å²) in [5, 5.41) is 6.84. The largest absolute Gasteiger partial charge is 0.378 e. The molecular weight excluding hydrogens is 280 g/mol. The Balaban J connectivity index is 1.93. The van der Waals surface area contributed by atoms with Gasteiger partial charge in [0.15, 0.2) is 5.69 Å². The van der Waals surface area contributed by atoms with E-state index in [2.05, 4.69) is 24.3 Å². The van der Waals surface area contributed by atoms with Crippen molar-refractivity contribution in [2.24, 2.45) is 5.41 Å². The van der Waals surface area contributed by atoms with E-state index < -0.39 is 0 Å². The molecule has 2 rings (SSSR count). The lowest BCUT2D eigenvalue weighted by atomic mass is 9.82. The molecule has 124 valence electrons. The van der Waals surface area contributed by atoms with Crippen LogP contribution >= 0.6 is 0 Å². The summed E-state index contributed by atoms with van der Waals surface area (Å²) in [6, 6.07) is 1.72. The Morgan fingerprint density at radius 3 is 2.59 bits per heavy atom. The minimum atomic E-state index is -0.192. The van der Waals surface area contributed by atoms with E-state index in [0.29, 0.717) is 18.0 Å². The van der Waals surface area contributed by atoms with Crippen molar-refractivity contribution < 1.29 is 14.1 Å². The normalized spacial score (nSPS) is 20.0. The first-order chi connectivity index (χ1) is 10.2. The first kappa shape index (κ1) is 17.0. The molecule has 0 saturated carbocycles. The van der Waals surface area contributed by atoms with Crippen molar-refractivity contribution in [2.75, 3.05) is 13.2 Å². The molecule has 22 heavy (non-hydrogen) atoms. The number of hydrogen-bond acceptors (Lipinski definition) is 4. The predicted octanol–water partition coefficient (Wildman–Crippen LogP) is 3.30. The molecule has 1 saturated heterocycles. The zero-order chi connectivity index (χ0) is 16.4. The van der Waals surface area contributed by atoms with Crippen LogP contribution in [0.2, 0.25) is 0 Å². The Bertz CT molecular complexity index is 508. The van der Waals surface area contributed by atoms with Crippen LogP contribution in [0, 0.1) is 5.41 Å². The average Bonchev–Trinajstić information content (AvgIpc) is 2.96. The maximum absolute atomic E-state index is 12.2. The Hall–Kier alpha value is -1.36. The van der Waals surface area contributed by atoms with E-state index in [1.54, 1.807) is 6.07 Å². The van der Waals surface area contributed by atoms with Crippen LogP contribution in [0.1, 0.15) is 70.1 Å². The van der Waals surface area contributed by atoms with Gasteiger partial charge < -0.3 is 14.6 Å². The lowest BCUT2D eigenvalue weighted by molar-refractivity contribution is -0.0531. The standard InChI is InChI=1S/C17H28N2O3/c1-16(2,3)14-10-12(19-22-14)15(20)18-11-17(4,5)13-8-6-7-9-21-13/h10,13H,6-9,11H2,1-5H3,(H,18,20). The van der Waals surface area contributed by atoms with E-state index in [-0.39, 0.29) is 22.8 Å². The number of nitrogens with zero attached hydrogens (tertiary/aromatic N) is 1. The number of nitrogens with one attached hydrogen (secondary N) is 1. The molecule has 1 N–H and O–H groups in total. The minimum Gasteiger partial charge on any atom is -0.378 e. The van der Waals surface area contributed by atoms with Gasteiger partial charge in [-0.3, -0.25) is 4.79 Å². The predicted molar refractivity (Wildman–Crippen MR) is 84.9 cm³/mol. The highest BCUT2D eigenvalue weighted by atomic mass is 16.5. The number of rotatable bonds is 4. The fourth-order valence-electron chi connectivity index (χ4n) is 2.61. The fraction of sp³-hybridized carbons (Fsp3) is 0.765. The lowest BCUT2D eigenvalue weighted by Gasteiger charge is -2.36. The number of hydrogen-bond donors (Lipinski definition) is 1. The molecule has 1 aliphatic heterocycles. The van der Waals surface area contributed by atoms with Crippen molar-refractivity contribution in [2.45, 2.75) is 65.4 Å². The van der Waals surface area contributed by atoms with Gasteiger partial charge in [0.1, 0.15) is 5.76 Å². The molecule has 2 heterocycles. The van der Waals surface area contributed by atoms with E-state index in [1.165, 1.54) is 6.42 Å². The molecule has 0 bridgehead atoms. The highest BCUT2D eigenvalue weighted by Crippen LogP contribution is 2.29. The quantitative estimate of drug-likeness (QED) is 0.927. The molecule has 0 aromatic carbocycles. The lowest BCUT2D eigenvalue weighted by Crippen LogP contribution is -2.43. The summed E-state index contributed by atoms with van der Waals surface area (Å²) < 4.78 is 11.1. The number of amides is 1. The molecule has 1 aliphatic rings.